The van der Waals surface area contributed by atoms with Crippen molar-refractivity contribution in [2.75, 3.05) is 0 Å². The van der Waals surface area contributed by atoms with Crippen molar-refractivity contribution in [1.29, 1.82) is 0 Å². The molecule has 0 aliphatic heterocycles. The Morgan fingerprint density at radius 3 is 2.00 bits per heavy atom. The van der Waals surface area contributed by atoms with Crippen molar-refractivity contribution in [3.8, 4) is 0 Å². The van der Waals surface area contributed by atoms with Crippen LogP contribution in [0, 0.1) is 0 Å². The summed E-state index contributed by atoms with van der Waals surface area (Å²) in [7, 11) is 0. The first-order chi connectivity index (χ1) is 4.39. The van der Waals surface area contributed by atoms with Crippen LogP contribution in [0.4, 0.5) is 0 Å². The third kappa shape index (κ3) is 4.56. The van der Waals surface area contributed by atoms with Crippen LogP contribution >= 0.6 is 34.6 Å². The average Bonchev–Trinajstić information content (AvgIpc) is 1.94. The van der Waals surface area contributed by atoms with Crippen molar-refractivity contribution >= 4 is 34.6 Å². The lowest BCUT2D eigenvalue weighted by Gasteiger charge is -1.78. The molecule has 0 aliphatic carbocycles. The quantitative estimate of drug-likeness (QED) is 0.566. The summed E-state index contributed by atoms with van der Waals surface area (Å²) in [5, 5.41) is 0.294. The van der Waals surface area contributed by atoms with E-state index in [9.17, 15) is 0 Å². The van der Waals surface area contributed by atoms with Crippen molar-refractivity contribution in [3.63, 3.8) is 0 Å². The summed E-state index contributed by atoms with van der Waals surface area (Å²) in [5.74, 6) is 0. The lowest BCUT2D eigenvalue weighted by molar-refractivity contribution is 0.748. The molecule has 1 rings (SSSR count). The molecule has 3 nitrogen and oxygen atoms in total. The molecule has 50 valence electrons. The Morgan fingerprint density at radius 1 is 1.33 bits per heavy atom. The van der Waals surface area contributed by atoms with Gasteiger partial charge in [-0.2, -0.15) is 0 Å². The van der Waals surface area contributed by atoms with Crippen LogP contribution in [-0.2, 0) is 0 Å². The zero-order valence-electron chi connectivity index (χ0n) is 4.33. The molecule has 0 spiro atoms. The van der Waals surface area contributed by atoms with Gasteiger partial charge in [0.1, 0.15) is 23.0 Å². The second-order valence-corrected chi connectivity index (χ2v) is 1.36. The number of rotatable bonds is 0. The molecule has 0 saturated carbocycles. The van der Waals surface area contributed by atoms with E-state index in [2.05, 4.69) is 9.97 Å². The standard InChI is InChI=1S/C4H3ClN2.HIO/c5-4-6-2-1-3-7-4;1-2/h1-3H;2H. The smallest absolute Gasteiger partial charge is 0.222 e. The van der Waals surface area contributed by atoms with Crippen molar-refractivity contribution in [1.82, 2.24) is 9.97 Å². The molecule has 0 bridgehead atoms. The highest BCUT2D eigenvalue weighted by Crippen LogP contribution is 1.92. The normalized spacial score (nSPS) is 7.44. The van der Waals surface area contributed by atoms with Gasteiger partial charge in [-0.15, -0.1) is 0 Å². The van der Waals surface area contributed by atoms with Crippen molar-refractivity contribution in [2.24, 2.45) is 0 Å². The molecule has 0 atom stereocenters. The minimum absolute atomic E-state index is 0.294. The number of nitrogens with zero attached hydrogens (tertiary/aromatic N) is 2. The fourth-order valence-corrected chi connectivity index (χ4v) is 0.394. The van der Waals surface area contributed by atoms with E-state index in [4.69, 9.17) is 15.0 Å². The number of halogens is 2. The van der Waals surface area contributed by atoms with Crippen LogP contribution < -0.4 is 0 Å². The Kier molecular flexibility index (Phi) is 6.23. The van der Waals surface area contributed by atoms with Crippen LogP contribution in [0.2, 0.25) is 5.28 Å². The summed E-state index contributed by atoms with van der Waals surface area (Å²) < 4.78 is 6.97. The maximum Gasteiger partial charge on any atom is 0.222 e. The Hall–Kier alpha value is 0.0600. The van der Waals surface area contributed by atoms with Gasteiger partial charge in [-0.05, 0) is 17.7 Å². The highest BCUT2D eigenvalue weighted by molar-refractivity contribution is 14.1. The highest BCUT2D eigenvalue weighted by Gasteiger charge is 1.78. The van der Waals surface area contributed by atoms with Gasteiger partial charge in [-0.25, -0.2) is 9.97 Å². The summed E-state index contributed by atoms with van der Waals surface area (Å²) >= 11 is 6.47. The summed E-state index contributed by atoms with van der Waals surface area (Å²) in [6.07, 6.45) is 3.19. The molecule has 1 N–H and O–H groups in total. The maximum atomic E-state index is 6.97. The summed E-state index contributed by atoms with van der Waals surface area (Å²) in [4.78, 5) is 7.27. The second kappa shape index (κ2) is 6.18. The highest BCUT2D eigenvalue weighted by atomic mass is 127. The molecule has 9 heavy (non-hydrogen) atoms. The topological polar surface area (TPSA) is 46.0 Å². The van der Waals surface area contributed by atoms with Crippen LogP contribution in [-0.4, -0.2) is 13.4 Å². The molecule has 0 aliphatic rings. The molecule has 5 heteroatoms. The zero-order valence-corrected chi connectivity index (χ0v) is 7.24. The molecule has 0 amide bonds. The van der Waals surface area contributed by atoms with Gasteiger partial charge in [0.25, 0.3) is 0 Å². The summed E-state index contributed by atoms with van der Waals surface area (Å²) in [5.41, 5.74) is 0. The van der Waals surface area contributed by atoms with Crippen LogP contribution in [0.3, 0.4) is 0 Å². The SMILES string of the molecule is Clc1ncccn1.OI. The molecular weight excluding hydrogens is 254 g/mol. The van der Waals surface area contributed by atoms with Crippen LogP contribution in [0.5, 0.6) is 0 Å². The van der Waals surface area contributed by atoms with Gasteiger partial charge in [0.15, 0.2) is 0 Å². The Morgan fingerprint density at radius 2 is 1.78 bits per heavy atom. The van der Waals surface area contributed by atoms with E-state index in [1.165, 1.54) is 0 Å². The van der Waals surface area contributed by atoms with Crippen LogP contribution in [0.1, 0.15) is 0 Å². The van der Waals surface area contributed by atoms with Crippen molar-refractivity contribution < 1.29 is 3.44 Å². The van der Waals surface area contributed by atoms with Gasteiger partial charge < -0.3 is 3.44 Å². The van der Waals surface area contributed by atoms with E-state index in [0.29, 0.717) is 5.28 Å². The largest absolute Gasteiger partial charge is 0.331 e. The van der Waals surface area contributed by atoms with E-state index < -0.39 is 0 Å². The number of hydrogen-bond acceptors (Lipinski definition) is 3. The van der Waals surface area contributed by atoms with Gasteiger partial charge in [0, 0.05) is 12.4 Å². The third-order valence-corrected chi connectivity index (χ3v) is 0.729. The Bertz CT molecular complexity index is 148. The number of hydrogen-bond donors (Lipinski definition) is 1. The van der Waals surface area contributed by atoms with Crippen molar-refractivity contribution in [2.45, 2.75) is 0 Å². The molecule has 1 heterocycles. The van der Waals surface area contributed by atoms with Crippen LogP contribution in [0.25, 0.3) is 0 Å². The molecule has 0 saturated heterocycles. The fraction of sp³-hybridized carbons (Fsp3) is 0. The van der Waals surface area contributed by atoms with Gasteiger partial charge in [-0.3, -0.25) is 0 Å². The molecule has 0 fully saturated rings. The first-order valence-electron chi connectivity index (χ1n) is 1.99. The maximum absolute atomic E-state index is 6.97. The third-order valence-electron chi connectivity index (χ3n) is 0.534. The lowest BCUT2D eigenvalue weighted by Crippen LogP contribution is -1.73. The van der Waals surface area contributed by atoms with Crippen LogP contribution in [0.15, 0.2) is 18.5 Å². The van der Waals surface area contributed by atoms with Gasteiger partial charge >= 0.3 is 0 Å². The molecular formula is C4H4ClIN2O. The Balaban J connectivity index is 0.000000291. The first-order valence-corrected chi connectivity index (χ1v) is 3.33. The predicted octanol–water partition coefficient (Wildman–Crippen LogP) is 1.46. The monoisotopic (exact) mass is 258 g/mol. The molecule has 1 aromatic heterocycles. The van der Waals surface area contributed by atoms with Gasteiger partial charge in [0.2, 0.25) is 5.28 Å². The van der Waals surface area contributed by atoms with E-state index in [0.717, 1.165) is 23.0 Å². The van der Waals surface area contributed by atoms with E-state index >= 15 is 0 Å². The summed E-state index contributed by atoms with van der Waals surface area (Å²) in [6.45, 7) is 0. The van der Waals surface area contributed by atoms with E-state index in [-0.39, 0.29) is 0 Å². The summed E-state index contributed by atoms with van der Waals surface area (Å²) in [6, 6.07) is 1.71. The molecule has 0 unspecified atom stereocenters. The molecule has 0 aromatic carbocycles. The Labute approximate surface area is 71.8 Å². The minimum Gasteiger partial charge on any atom is -0.331 e. The predicted molar refractivity (Wildman–Crippen MR) is 43.3 cm³/mol. The zero-order chi connectivity index (χ0) is 7.11. The fourth-order valence-electron chi connectivity index (χ4n) is 0.281. The van der Waals surface area contributed by atoms with Crippen molar-refractivity contribution in [3.05, 3.63) is 23.7 Å². The molecule has 0 radical (unpaired) electrons. The molecule has 1 aromatic rings. The second-order valence-electron chi connectivity index (χ2n) is 1.02. The van der Waals surface area contributed by atoms with Gasteiger partial charge in [0.05, 0.1) is 0 Å². The lowest BCUT2D eigenvalue weighted by atomic mass is 10.7. The number of aromatic nitrogens is 2. The van der Waals surface area contributed by atoms with E-state index in [1.54, 1.807) is 18.5 Å². The van der Waals surface area contributed by atoms with E-state index in [1.807, 2.05) is 0 Å². The first kappa shape index (κ1) is 9.06. The van der Waals surface area contributed by atoms with Gasteiger partial charge in [-0.1, -0.05) is 0 Å². The average molecular weight is 258 g/mol. The minimum atomic E-state index is 0.294.